The van der Waals surface area contributed by atoms with Crippen LogP contribution in [-0.2, 0) is 6.54 Å². The van der Waals surface area contributed by atoms with Crippen molar-refractivity contribution in [1.29, 1.82) is 0 Å². The van der Waals surface area contributed by atoms with Crippen LogP contribution in [0.25, 0.3) is 0 Å². The molecule has 0 saturated carbocycles. The molecular weight excluding hydrogens is 334 g/mol. The van der Waals surface area contributed by atoms with Crippen molar-refractivity contribution < 1.29 is 14.6 Å². The lowest BCUT2D eigenvalue weighted by molar-refractivity contribution is 0.0642. The molecule has 1 aromatic heterocycles. The third kappa shape index (κ3) is 7.46. The average Bonchev–Trinajstić information content (AvgIpc) is 3.11. The summed E-state index contributed by atoms with van der Waals surface area (Å²) >= 11 is 1.76. The largest absolute Gasteiger partial charge is 0.497 e. The molecule has 5 heteroatoms. The Morgan fingerprint density at radius 1 is 1.12 bits per heavy atom. The van der Waals surface area contributed by atoms with Crippen molar-refractivity contribution in [2.75, 3.05) is 26.8 Å². The van der Waals surface area contributed by atoms with Crippen LogP contribution in [0.15, 0.2) is 41.8 Å². The molecular formula is C20H29NO3S. The second-order valence-electron chi connectivity index (χ2n) is 6.64. The van der Waals surface area contributed by atoms with Gasteiger partial charge >= 0.3 is 0 Å². The molecule has 0 aliphatic heterocycles. The Hall–Kier alpha value is -1.56. The van der Waals surface area contributed by atoms with E-state index in [9.17, 15) is 5.11 Å². The second-order valence-corrected chi connectivity index (χ2v) is 7.67. The van der Waals surface area contributed by atoms with Crippen molar-refractivity contribution in [2.24, 2.45) is 5.92 Å². The van der Waals surface area contributed by atoms with Crippen LogP contribution >= 0.6 is 11.3 Å². The van der Waals surface area contributed by atoms with Gasteiger partial charge < -0.3 is 14.6 Å². The number of aliphatic hydroxyl groups is 1. The molecule has 1 heterocycles. The molecule has 1 N–H and O–H groups in total. The fraction of sp³-hybridized carbons (Fsp3) is 0.500. The van der Waals surface area contributed by atoms with Crippen LogP contribution in [0.1, 0.15) is 25.1 Å². The molecule has 2 aromatic rings. The van der Waals surface area contributed by atoms with Gasteiger partial charge in [-0.05, 0) is 54.6 Å². The summed E-state index contributed by atoms with van der Waals surface area (Å²) in [5.41, 5.74) is 0. The van der Waals surface area contributed by atoms with E-state index in [1.807, 2.05) is 24.3 Å². The fourth-order valence-corrected chi connectivity index (χ4v) is 3.26. The summed E-state index contributed by atoms with van der Waals surface area (Å²) in [7, 11) is 1.64. The van der Waals surface area contributed by atoms with Crippen LogP contribution < -0.4 is 9.47 Å². The van der Waals surface area contributed by atoms with Crippen LogP contribution in [0.3, 0.4) is 0 Å². The van der Waals surface area contributed by atoms with Gasteiger partial charge in [-0.15, -0.1) is 11.3 Å². The van der Waals surface area contributed by atoms with E-state index in [1.54, 1.807) is 18.4 Å². The Balaban J connectivity index is 1.82. The number of nitrogens with zero attached hydrogens (tertiary/aromatic N) is 1. The van der Waals surface area contributed by atoms with Crippen molar-refractivity contribution in [3.63, 3.8) is 0 Å². The van der Waals surface area contributed by atoms with Crippen molar-refractivity contribution in [2.45, 2.75) is 32.9 Å². The SMILES string of the molecule is COc1ccc(OC[C@H](O)CN(CCC(C)C)Cc2cccs2)cc1. The van der Waals surface area contributed by atoms with Gasteiger partial charge in [0.05, 0.1) is 7.11 Å². The topological polar surface area (TPSA) is 41.9 Å². The standard InChI is InChI=1S/C20H29NO3S/c1-16(2)10-11-21(14-20-5-4-12-25-20)13-17(22)15-24-19-8-6-18(23-3)7-9-19/h4-9,12,16-17,22H,10-11,13-15H2,1-3H3/t17-/m1/s1. The molecule has 0 aliphatic rings. The molecule has 0 radical (unpaired) electrons. The van der Waals surface area contributed by atoms with Gasteiger partial charge in [-0.1, -0.05) is 19.9 Å². The first kappa shape index (κ1) is 19.8. The normalized spacial score (nSPS) is 12.6. The molecule has 138 valence electrons. The van der Waals surface area contributed by atoms with Crippen molar-refractivity contribution in [3.05, 3.63) is 46.7 Å². The Morgan fingerprint density at radius 2 is 1.84 bits per heavy atom. The van der Waals surface area contributed by atoms with Gasteiger partial charge in [0.25, 0.3) is 0 Å². The number of thiophene rings is 1. The highest BCUT2D eigenvalue weighted by molar-refractivity contribution is 7.09. The Labute approximate surface area is 155 Å². The molecule has 4 nitrogen and oxygen atoms in total. The van der Waals surface area contributed by atoms with Crippen LogP contribution in [0.5, 0.6) is 11.5 Å². The van der Waals surface area contributed by atoms with E-state index >= 15 is 0 Å². The molecule has 0 aliphatic carbocycles. The highest BCUT2D eigenvalue weighted by atomic mass is 32.1. The summed E-state index contributed by atoms with van der Waals surface area (Å²) in [4.78, 5) is 3.64. The zero-order valence-corrected chi connectivity index (χ0v) is 16.2. The Bertz CT molecular complexity index is 583. The molecule has 25 heavy (non-hydrogen) atoms. The smallest absolute Gasteiger partial charge is 0.119 e. The summed E-state index contributed by atoms with van der Waals surface area (Å²) in [5, 5.41) is 12.5. The van der Waals surface area contributed by atoms with E-state index in [1.165, 1.54) is 4.88 Å². The monoisotopic (exact) mass is 363 g/mol. The van der Waals surface area contributed by atoms with Gasteiger partial charge in [-0.25, -0.2) is 0 Å². The minimum atomic E-state index is -0.519. The minimum absolute atomic E-state index is 0.287. The third-order valence-electron chi connectivity index (χ3n) is 3.95. The van der Waals surface area contributed by atoms with Gasteiger partial charge in [-0.3, -0.25) is 4.90 Å². The lowest BCUT2D eigenvalue weighted by Crippen LogP contribution is -2.36. The van der Waals surface area contributed by atoms with Crippen molar-refractivity contribution in [1.82, 2.24) is 4.90 Å². The average molecular weight is 364 g/mol. The predicted octanol–water partition coefficient (Wildman–Crippen LogP) is 4.04. The van der Waals surface area contributed by atoms with Crippen molar-refractivity contribution in [3.8, 4) is 11.5 Å². The van der Waals surface area contributed by atoms with Gasteiger partial charge in [0.2, 0.25) is 0 Å². The summed E-state index contributed by atoms with van der Waals surface area (Å²) < 4.78 is 10.8. The second kappa shape index (κ2) is 10.4. The highest BCUT2D eigenvalue weighted by Crippen LogP contribution is 2.18. The Morgan fingerprint density at radius 3 is 2.44 bits per heavy atom. The maximum absolute atomic E-state index is 10.4. The summed E-state index contributed by atoms with van der Waals surface area (Å²) in [6, 6.07) is 11.6. The Kier molecular flexibility index (Phi) is 8.25. The molecule has 2 rings (SSSR count). The van der Waals surface area contributed by atoms with E-state index in [0.29, 0.717) is 12.5 Å². The first-order valence-corrected chi connectivity index (χ1v) is 9.64. The lowest BCUT2D eigenvalue weighted by atomic mass is 10.1. The predicted molar refractivity (Wildman–Crippen MR) is 104 cm³/mol. The van der Waals surface area contributed by atoms with E-state index in [2.05, 4.69) is 36.3 Å². The molecule has 0 unspecified atom stereocenters. The maximum atomic E-state index is 10.4. The number of aliphatic hydroxyl groups excluding tert-OH is 1. The lowest BCUT2D eigenvalue weighted by Gasteiger charge is -2.25. The number of hydrogen-bond acceptors (Lipinski definition) is 5. The van der Waals surface area contributed by atoms with Crippen LogP contribution in [-0.4, -0.2) is 42.9 Å². The van der Waals surface area contributed by atoms with Crippen molar-refractivity contribution >= 4 is 11.3 Å². The molecule has 0 amide bonds. The highest BCUT2D eigenvalue weighted by Gasteiger charge is 2.14. The van der Waals surface area contributed by atoms with E-state index in [-0.39, 0.29) is 6.61 Å². The number of ether oxygens (including phenoxy) is 2. The van der Waals surface area contributed by atoms with Crippen LogP contribution in [0.2, 0.25) is 0 Å². The molecule has 1 aromatic carbocycles. The number of rotatable bonds is 11. The first-order valence-electron chi connectivity index (χ1n) is 8.76. The molecule has 0 fully saturated rings. The molecule has 0 bridgehead atoms. The first-order chi connectivity index (χ1) is 12.1. The zero-order chi connectivity index (χ0) is 18.1. The van der Waals surface area contributed by atoms with E-state index < -0.39 is 6.10 Å². The summed E-state index contributed by atoms with van der Waals surface area (Å²) in [6.07, 6.45) is 0.603. The van der Waals surface area contributed by atoms with E-state index in [0.717, 1.165) is 31.0 Å². The zero-order valence-electron chi connectivity index (χ0n) is 15.4. The summed E-state index contributed by atoms with van der Waals surface area (Å²) in [5.74, 6) is 2.19. The number of methoxy groups -OCH3 is 1. The molecule has 1 atom stereocenters. The number of hydrogen-bond donors (Lipinski definition) is 1. The quantitative estimate of drug-likeness (QED) is 0.654. The molecule has 0 spiro atoms. The van der Waals surface area contributed by atoms with Crippen LogP contribution in [0.4, 0.5) is 0 Å². The minimum Gasteiger partial charge on any atom is -0.497 e. The maximum Gasteiger partial charge on any atom is 0.119 e. The van der Waals surface area contributed by atoms with Gasteiger partial charge in [0, 0.05) is 18.0 Å². The van der Waals surface area contributed by atoms with Gasteiger partial charge in [0.1, 0.15) is 24.2 Å². The third-order valence-corrected chi connectivity index (χ3v) is 4.81. The number of benzene rings is 1. The fourth-order valence-electron chi connectivity index (χ4n) is 2.51. The van der Waals surface area contributed by atoms with E-state index in [4.69, 9.17) is 9.47 Å². The molecule has 0 saturated heterocycles. The van der Waals surface area contributed by atoms with Crippen LogP contribution in [0, 0.1) is 5.92 Å². The summed E-state index contributed by atoms with van der Waals surface area (Å²) in [6.45, 7) is 7.22. The van der Waals surface area contributed by atoms with Gasteiger partial charge in [-0.2, -0.15) is 0 Å². The van der Waals surface area contributed by atoms with Gasteiger partial charge in [0.15, 0.2) is 0 Å².